The summed E-state index contributed by atoms with van der Waals surface area (Å²) in [5, 5.41) is 28.4. The first-order chi connectivity index (χ1) is 13.3. The Labute approximate surface area is 159 Å². The minimum atomic E-state index is -2.15. The molecular weight excluding hydrogens is 362 g/mol. The molecule has 0 aliphatic rings. The van der Waals surface area contributed by atoms with Gasteiger partial charge in [-0.1, -0.05) is 6.07 Å². The highest BCUT2D eigenvalue weighted by Crippen LogP contribution is 2.32. The van der Waals surface area contributed by atoms with Gasteiger partial charge in [-0.05, 0) is 36.4 Å². The molecule has 0 saturated heterocycles. The van der Waals surface area contributed by atoms with Gasteiger partial charge in [0.05, 0.1) is 11.2 Å². The minimum Gasteiger partial charge on any atom is -0.368 e. The third-order valence-corrected chi connectivity index (χ3v) is 4.18. The zero-order valence-corrected chi connectivity index (χ0v) is 14.7. The van der Waals surface area contributed by atoms with Crippen molar-refractivity contribution in [3.05, 3.63) is 60.3 Å². The topological polar surface area (TPSA) is 131 Å². The SMILES string of the molecule is BC(O)(O)c1ncnc2ccc(-c3nnc(N)nc3-c3ccc(F)cc3)cc12. The third-order valence-electron chi connectivity index (χ3n) is 4.18. The van der Waals surface area contributed by atoms with Crippen LogP contribution in [0, 0.1) is 5.82 Å². The molecule has 2 aromatic carbocycles. The Kier molecular flexibility index (Phi) is 4.21. The molecule has 28 heavy (non-hydrogen) atoms. The third kappa shape index (κ3) is 3.26. The Morgan fingerprint density at radius 2 is 1.64 bits per heavy atom. The first kappa shape index (κ1) is 17.9. The van der Waals surface area contributed by atoms with Crippen molar-refractivity contribution in [1.29, 1.82) is 0 Å². The fourth-order valence-electron chi connectivity index (χ4n) is 2.92. The molecule has 8 nitrogen and oxygen atoms in total. The molecule has 10 heteroatoms. The lowest BCUT2D eigenvalue weighted by Crippen LogP contribution is -2.26. The largest absolute Gasteiger partial charge is 0.368 e. The quantitative estimate of drug-likeness (QED) is 0.350. The molecule has 0 spiro atoms. The average molecular weight is 376 g/mol. The molecule has 0 atom stereocenters. The first-order valence-electron chi connectivity index (χ1n) is 8.29. The molecule has 0 aliphatic heterocycles. The van der Waals surface area contributed by atoms with Crippen molar-refractivity contribution in [3.8, 4) is 22.5 Å². The zero-order valence-electron chi connectivity index (χ0n) is 14.7. The van der Waals surface area contributed by atoms with Gasteiger partial charge >= 0.3 is 0 Å². The van der Waals surface area contributed by atoms with Crippen LogP contribution in [0.15, 0.2) is 48.8 Å². The van der Waals surface area contributed by atoms with Crippen LogP contribution in [-0.2, 0) is 5.69 Å². The van der Waals surface area contributed by atoms with Gasteiger partial charge in [0.1, 0.15) is 23.5 Å². The molecule has 0 amide bonds. The number of nitrogen functional groups attached to an aromatic ring is 1. The molecule has 2 aromatic heterocycles. The molecule has 4 N–H and O–H groups in total. The van der Waals surface area contributed by atoms with E-state index in [2.05, 4.69) is 25.1 Å². The molecule has 0 unspecified atom stereocenters. The Morgan fingerprint density at radius 1 is 0.929 bits per heavy atom. The van der Waals surface area contributed by atoms with E-state index < -0.39 is 5.69 Å². The Bertz CT molecular complexity index is 1180. The van der Waals surface area contributed by atoms with E-state index in [0.29, 0.717) is 33.4 Å². The molecule has 4 rings (SSSR count). The van der Waals surface area contributed by atoms with Crippen LogP contribution in [0.25, 0.3) is 33.4 Å². The van der Waals surface area contributed by atoms with Crippen molar-refractivity contribution < 1.29 is 14.6 Å². The average Bonchev–Trinajstić information content (AvgIpc) is 2.67. The molecule has 0 bridgehead atoms. The van der Waals surface area contributed by atoms with E-state index in [1.54, 1.807) is 30.3 Å². The summed E-state index contributed by atoms with van der Waals surface area (Å²) in [5.74, 6) is -0.399. The van der Waals surface area contributed by atoms with Crippen LogP contribution in [-0.4, -0.2) is 43.2 Å². The highest BCUT2D eigenvalue weighted by molar-refractivity contribution is 6.14. The van der Waals surface area contributed by atoms with Crippen LogP contribution in [0.3, 0.4) is 0 Å². The first-order valence-corrected chi connectivity index (χ1v) is 8.29. The van der Waals surface area contributed by atoms with Crippen LogP contribution in [0.4, 0.5) is 10.3 Å². The number of nitrogens with two attached hydrogens (primary N) is 1. The lowest BCUT2D eigenvalue weighted by molar-refractivity contribution is -0.0931. The molecule has 0 radical (unpaired) electrons. The normalized spacial score (nSPS) is 11.7. The second-order valence-corrected chi connectivity index (χ2v) is 6.35. The summed E-state index contributed by atoms with van der Waals surface area (Å²) >= 11 is 0. The molecular formula is C18H14BFN6O2. The molecule has 138 valence electrons. The number of hydrogen-bond acceptors (Lipinski definition) is 8. The highest BCUT2D eigenvalue weighted by Gasteiger charge is 2.24. The fourth-order valence-corrected chi connectivity index (χ4v) is 2.92. The van der Waals surface area contributed by atoms with E-state index >= 15 is 0 Å². The van der Waals surface area contributed by atoms with Crippen molar-refractivity contribution in [3.63, 3.8) is 0 Å². The Morgan fingerprint density at radius 3 is 2.36 bits per heavy atom. The maximum atomic E-state index is 13.3. The van der Waals surface area contributed by atoms with E-state index in [1.807, 2.05) is 0 Å². The summed E-state index contributed by atoms with van der Waals surface area (Å²) < 4.78 is 13.3. The smallest absolute Gasteiger partial charge is 0.240 e. The van der Waals surface area contributed by atoms with Crippen LogP contribution < -0.4 is 5.73 Å². The van der Waals surface area contributed by atoms with E-state index in [1.165, 1.54) is 26.3 Å². The zero-order chi connectivity index (χ0) is 19.9. The van der Waals surface area contributed by atoms with Crippen molar-refractivity contribution >= 4 is 24.7 Å². The number of anilines is 1. The van der Waals surface area contributed by atoms with Gasteiger partial charge in [-0.3, -0.25) is 0 Å². The summed E-state index contributed by atoms with van der Waals surface area (Å²) in [6.07, 6.45) is 1.26. The van der Waals surface area contributed by atoms with Crippen LogP contribution >= 0.6 is 0 Å². The molecule has 0 aliphatic carbocycles. The number of benzene rings is 2. The van der Waals surface area contributed by atoms with Crippen molar-refractivity contribution in [2.45, 2.75) is 5.69 Å². The van der Waals surface area contributed by atoms with Crippen LogP contribution in [0.2, 0.25) is 0 Å². The number of hydrogen-bond donors (Lipinski definition) is 3. The number of aliphatic hydroxyl groups is 2. The molecule has 2 heterocycles. The van der Waals surface area contributed by atoms with Gasteiger partial charge < -0.3 is 15.9 Å². The Balaban J connectivity index is 1.95. The van der Waals surface area contributed by atoms with Gasteiger partial charge in [0.2, 0.25) is 5.95 Å². The van der Waals surface area contributed by atoms with Gasteiger partial charge in [0.15, 0.2) is 13.5 Å². The second kappa shape index (κ2) is 6.59. The van der Waals surface area contributed by atoms with E-state index in [-0.39, 0.29) is 17.5 Å². The predicted molar refractivity (Wildman–Crippen MR) is 103 cm³/mol. The molecule has 0 saturated carbocycles. The van der Waals surface area contributed by atoms with Gasteiger partial charge in [0, 0.05) is 16.5 Å². The Hall–Kier alpha value is -3.50. The predicted octanol–water partition coefficient (Wildman–Crippen LogP) is 0.598. The van der Waals surface area contributed by atoms with Gasteiger partial charge in [0.25, 0.3) is 0 Å². The summed E-state index contributed by atoms with van der Waals surface area (Å²) in [5.41, 5.74) is 6.15. The summed E-state index contributed by atoms with van der Waals surface area (Å²) in [7, 11) is 1.22. The van der Waals surface area contributed by atoms with Gasteiger partial charge in [-0.2, -0.15) is 0 Å². The maximum absolute atomic E-state index is 13.3. The van der Waals surface area contributed by atoms with E-state index in [0.717, 1.165) is 0 Å². The van der Waals surface area contributed by atoms with Crippen molar-refractivity contribution in [2.24, 2.45) is 0 Å². The summed E-state index contributed by atoms with van der Waals surface area (Å²) in [6, 6.07) is 10.9. The lowest BCUT2D eigenvalue weighted by atomic mass is 9.88. The number of nitrogens with zero attached hydrogens (tertiary/aromatic N) is 5. The van der Waals surface area contributed by atoms with Gasteiger partial charge in [-0.25, -0.2) is 19.3 Å². The number of fused-ring (bicyclic) bond motifs is 1. The van der Waals surface area contributed by atoms with Crippen LogP contribution in [0.5, 0.6) is 0 Å². The van der Waals surface area contributed by atoms with E-state index in [4.69, 9.17) is 5.73 Å². The summed E-state index contributed by atoms with van der Waals surface area (Å²) in [6.45, 7) is 0. The maximum Gasteiger partial charge on any atom is 0.240 e. The molecule has 4 aromatic rings. The van der Waals surface area contributed by atoms with Crippen molar-refractivity contribution in [2.75, 3.05) is 5.73 Å². The van der Waals surface area contributed by atoms with Crippen LogP contribution in [0.1, 0.15) is 5.69 Å². The summed E-state index contributed by atoms with van der Waals surface area (Å²) in [4.78, 5) is 12.4. The minimum absolute atomic E-state index is 0.0221. The second-order valence-electron chi connectivity index (χ2n) is 6.35. The fraction of sp³-hybridized carbons (Fsp3) is 0.0556. The lowest BCUT2D eigenvalue weighted by Gasteiger charge is -2.17. The number of rotatable bonds is 3. The van der Waals surface area contributed by atoms with E-state index in [9.17, 15) is 14.6 Å². The monoisotopic (exact) mass is 376 g/mol. The van der Waals surface area contributed by atoms with Gasteiger partial charge in [-0.15, -0.1) is 10.2 Å². The number of halogens is 1. The standard InChI is InChI=1S/C18H14BFN6O2/c19-18(27,28)16-12-7-10(3-6-13(12)22-8-23-16)15-14(24-17(21)26-25-15)9-1-4-11(20)5-2-9/h1-8,27-28H,19H2,(H2,21,24,26). The number of aromatic nitrogens is 5. The molecule has 0 fully saturated rings. The van der Waals surface area contributed by atoms with Crippen molar-refractivity contribution in [1.82, 2.24) is 25.1 Å². The highest BCUT2D eigenvalue weighted by atomic mass is 19.1.